The summed E-state index contributed by atoms with van der Waals surface area (Å²) in [4.78, 5) is 24.2. The molecule has 0 unspecified atom stereocenters. The van der Waals surface area contributed by atoms with Crippen LogP contribution in [-0.2, 0) is 9.53 Å². The molecular formula is C18H17BrFNO3. The van der Waals surface area contributed by atoms with Gasteiger partial charge in [-0.25, -0.2) is 9.18 Å². The van der Waals surface area contributed by atoms with Crippen LogP contribution in [0.4, 0.5) is 10.1 Å². The van der Waals surface area contributed by atoms with Crippen molar-refractivity contribution in [1.82, 2.24) is 0 Å². The highest BCUT2D eigenvalue weighted by atomic mass is 79.9. The fourth-order valence-electron chi connectivity index (χ4n) is 1.96. The lowest BCUT2D eigenvalue weighted by molar-refractivity contribution is -0.123. The average Bonchev–Trinajstić information content (AvgIpc) is 2.52. The number of carbonyl (C=O) groups is 2. The van der Waals surface area contributed by atoms with Crippen molar-refractivity contribution in [2.24, 2.45) is 0 Å². The third-order valence-corrected chi connectivity index (χ3v) is 4.10. The number of rotatable bonds is 4. The smallest absolute Gasteiger partial charge is 0.339 e. The van der Waals surface area contributed by atoms with E-state index in [1.807, 2.05) is 19.1 Å². The highest BCUT2D eigenvalue weighted by molar-refractivity contribution is 9.10. The maximum atomic E-state index is 13.5. The van der Waals surface area contributed by atoms with E-state index >= 15 is 0 Å². The molecule has 0 saturated heterocycles. The Kier molecular flexibility index (Phi) is 5.72. The first-order chi connectivity index (χ1) is 11.3. The van der Waals surface area contributed by atoms with Gasteiger partial charge in [0.15, 0.2) is 6.10 Å². The number of ether oxygens (including phenoxy) is 1. The summed E-state index contributed by atoms with van der Waals surface area (Å²) in [5, 5.41) is 2.68. The summed E-state index contributed by atoms with van der Waals surface area (Å²) in [5.74, 6) is -1.72. The van der Waals surface area contributed by atoms with E-state index in [1.54, 1.807) is 13.0 Å². The topological polar surface area (TPSA) is 55.4 Å². The van der Waals surface area contributed by atoms with E-state index in [0.29, 0.717) is 11.3 Å². The highest BCUT2D eigenvalue weighted by Crippen LogP contribution is 2.23. The van der Waals surface area contributed by atoms with Crippen molar-refractivity contribution in [2.45, 2.75) is 26.9 Å². The van der Waals surface area contributed by atoms with Gasteiger partial charge in [-0.2, -0.15) is 0 Å². The van der Waals surface area contributed by atoms with Gasteiger partial charge in [0.1, 0.15) is 5.82 Å². The predicted molar refractivity (Wildman–Crippen MR) is 93.5 cm³/mol. The van der Waals surface area contributed by atoms with Crippen LogP contribution in [-0.4, -0.2) is 18.0 Å². The standard InChI is InChI=1S/C18H17BrFNO3/c1-10-4-7-16(14(19)8-10)21-17(22)12(3)24-18(23)13-6-5-11(2)15(20)9-13/h4-9,12H,1-3H3,(H,21,22)/t12-/m0/s1. The molecule has 0 aliphatic carbocycles. The van der Waals surface area contributed by atoms with Gasteiger partial charge in [0.05, 0.1) is 11.3 Å². The Hall–Kier alpha value is -2.21. The van der Waals surface area contributed by atoms with Gasteiger partial charge in [-0.15, -0.1) is 0 Å². The Balaban J connectivity index is 2.02. The molecular weight excluding hydrogens is 377 g/mol. The Labute approximate surface area is 148 Å². The number of benzene rings is 2. The molecule has 0 fully saturated rings. The van der Waals surface area contributed by atoms with Gasteiger partial charge in [-0.1, -0.05) is 12.1 Å². The number of hydrogen-bond acceptors (Lipinski definition) is 3. The minimum absolute atomic E-state index is 0.0641. The van der Waals surface area contributed by atoms with E-state index in [-0.39, 0.29) is 5.56 Å². The molecule has 24 heavy (non-hydrogen) atoms. The van der Waals surface area contributed by atoms with Crippen molar-refractivity contribution >= 4 is 33.5 Å². The monoisotopic (exact) mass is 393 g/mol. The van der Waals surface area contributed by atoms with Gasteiger partial charge in [-0.3, -0.25) is 4.79 Å². The summed E-state index contributed by atoms with van der Waals surface area (Å²) in [6, 6.07) is 9.51. The zero-order valence-electron chi connectivity index (χ0n) is 13.5. The largest absolute Gasteiger partial charge is 0.449 e. The van der Waals surface area contributed by atoms with E-state index in [4.69, 9.17) is 4.74 Å². The number of carbonyl (C=O) groups excluding carboxylic acids is 2. The van der Waals surface area contributed by atoms with Crippen molar-refractivity contribution < 1.29 is 18.7 Å². The zero-order valence-corrected chi connectivity index (χ0v) is 15.1. The first-order valence-corrected chi connectivity index (χ1v) is 8.11. The van der Waals surface area contributed by atoms with E-state index in [1.165, 1.54) is 19.1 Å². The van der Waals surface area contributed by atoms with Gasteiger partial charge in [-0.05, 0) is 72.1 Å². The van der Waals surface area contributed by atoms with E-state index in [0.717, 1.165) is 16.1 Å². The van der Waals surface area contributed by atoms with Crippen molar-refractivity contribution in [2.75, 3.05) is 5.32 Å². The molecule has 2 aromatic rings. The Bertz CT molecular complexity index is 792. The number of esters is 1. The van der Waals surface area contributed by atoms with Crippen LogP contribution in [0.25, 0.3) is 0 Å². The first kappa shape index (κ1) is 18.1. The molecule has 1 N–H and O–H groups in total. The third-order valence-electron chi connectivity index (χ3n) is 3.44. The summed E-state index contributed by atoms with van der Waals surface area (Å²) in [5.41, 5.74) is 2.12. The van der Waals surface area contributed by atoms with Crippen LogP contribution in [0.5, 0.6) is 0 Å². The number of anilines is 1. The summed E-state index contributed by atoms with van der Waals surface area (Å²) in [6.07, 6.45) is -1.02. The average molecular weight is 394 g/mol. The molecule has 0 heterocycles. The minimum Gasteiger partial charge on any atom is -0.449 e. The van der Waals surface area contributed by atoms with Gasteiger partial charge in [0.2, 0.25) is 0 Å². The van der Waals surface area contributed by atoms with Crippen LogP contribution in [0.1, 0.15) is 28.4 Å². The molecule has 6 heteroatoms. The normalized spacial score (nSPS) is 11.7. The second-order valence-electron chi connectivity index (χ2n) is 5.48. The lowest BCUT2D eigenvalue weighted by Gasteiger charge is -2.14. The molecule has 1 atom stereocenters. The summed E-state index contributed by atoms with van der Waals surface area (Å²) in [6.45, 7) is 4.99. The van der Waals surface area contributed by atoms with Crippen LogP contribution in [0.3, 0.4) is 0 Å². The molecule has 1 amide bonds. The van der Waals surface area contributed by atoms with Crippen LogP contribution < -0.4 is 5.32 Å². The van der Waals surface area contributed by atoms with Crippen LogP contribution in [0.2, 0.25) is 0 Å². The number of amides is 1. The van der Waals surface area contributed by atoms with Gasteiger partial charge in [0.25, 0.3) is 5.91 Å². The quantitative estimate of drug-likeness (QED) is 0.783. The molecule has 0 aliphatic heterocycles. The minimum atomic E-state index is -1.02. The second-order valence-corrected chi connectivity index (χ2v) is 6.34. The fraction of sp³-hybridized carbons (Fsp3) is 0.222. The number of halogens is 2. The maximum Gasteiger partial charge on any atom is 0.339 e. The number of aryl methyl sites for hydroxylation is 2. The molecule has 4 nitrogen and oxygen atoms in total. The van der Waals surface area contributed by atoms with Crippen molar-refractivity contribution in [1.29, 1.82) is 0 Å². The molecule has 2 aromatic carbocycles. The van der Waals surface area contributed by atoms with Crippen molar-refractivity contribution in [3.63, 3.8) is 0 Å². The Morgan fingerprint density at radius 2 is 1.88 bits per heavy atom. The van der Waals surface area contributed by atoms with Crippen LogP contribution in [0, 0.1) is 19.7 Å². The summed E-state index contributed by atoms with van der Waals surface area (Å²) >= 11 is 3.36. The predicted octanol–water partition coefficient (Wildman–Crippen LogP) is 4.39. The lowest BCUT2D eigenvalue weighted by Crippen LogP contribution is -2.30. The van der Waals surface area contributed by atoms with Crippen molar-refractivity contribution in [3.8, 4) is 0 Å². The fourth-order valence-corrected chi connectivity index (χ4v) is 2.55. The van der Waals surface area contributed by atoms with E-state index in [9.17, 15) is 14.0 Å². The Morgan fingerprint density at radius 1 is 1.17 bits per heavy atom. The van der Waals surface area contributed by atoms with Gasteiger partial charge < -0.3 is 10.1 Å². The molecule has 0 saturated carbocycles. The third kappa shape index (κ3) is 4.41. The molecule has 0 spiro atoms. The van der Waals surface area contributed by atoms with Gasteiger partial charge >= 0.3 is 5.97 Å². The number of nitrogens with one attached hydrogen (secondary N) is 1. The molecule has 0 aliphatic rings. The molecule has 0 bridgehead atoms. The highest BCUT2D eigenvalue weighted by Gasteiger charge is 2.20. The molecule has 2 rings (SSSR count). The van der Waals surface area contributed by atoms with Crippen LogP contribution >= 0.6 is 15.9 Å². The zero-order chi connectivity index (χ0) is 17.9. The van der Waals surface area contributed by atoms with E-state index in [2.05, 4.69) is 21.2 Å². The van der Waals surface area contributed by atoms with Crippen molar-refractivity contribution in [3.05, 3.63) is 63.4 Å². The molecule has 0 radical (unpaired) electrons. The summed E-state index contributed by atoms with van der Waals surface area (Å²) in [7, 11) is 0. The lowest BCUT2D eigenvalue weighted by atomic mass is 10.1. The Morgan fingerprint density at radius 3 is 2.50 bits per heavy atom. The first-order valence-electron chi connectivity index (χ1n) is 7.32. The maximum absolute atomic E-state index is 13.5. The van der Waals surface area contributed by atoms with Gasteiger partial charge in [0, 0.05) is 4.47 Å². The molecule has 0 aromatic heterocycles. The SMILES string of the molecule is Cc1ccc(NC(=O)[C@H](C)OC(=O)c2ccc(C)c(F)c2)c(Br)c1. The second kappa shape index (κ2) is 7.57. The number of hydrogen-bond donors (Lipinski definition) is 1. The van der Waals surface area contributed by atoms with E-state index < -0.39 is 23.8 Å². The summed E-state index contributed by atoms with van der Waals surface area (Å²) < 4.78 is 19.3. The van der Waals surface area contributed by atoms with Crippen LogP contribution in [0.15, 0.2) is 40.9 Å². The molecule has 126 valence electrons.